The van der Waals surface area contributed by atoms with Crippen LogP contribution < -0.4 is 15.6 Å². The molecule has 0 radical (unpaired) electrons. The molecule has 0 spiro atoms. The molecule has 184 valence electrons. The van der Waals surface area contributed by atoms with E-state index in [2.05, 4.69) is 10.3 Å². The van der Waals surface area contributed by atoms with Gasteiger partial charge < -0.3 is 14.8 Å². The summed E-state index contributed by atoms with van der Waals surface area (Å²) in [5.41, 5.74) is 2.46. The maximum absolute atomic E-state index is 13.4. The highest BCUT2D eigenvalue weighted by atomic mass is 35.5. The van der Waals surface area contributed by atoms with Crippen LogP contribution in [0.15, 0.2) is 89.7 Å². The molecule has 4 aromatic rings. The molecule has 36 heavy (non-hydrogen) atoms. The summed E-state index contributed by atoms with van der Waals surface area (Å²) in [4.78, 5) is 30.5. The van der Waals surface area contributed by atoms with E-state index in [9.17, 15) is 9.59 Å². The number of nitrogens with one attached hydrogen (secondary N) is 1. The van der Waals surface area contributed by atoms with Gasteiger partial charge >= 0.3 is 5.97 Å². The largest absolute Gasteiger partial charge is 0.497 e. The molecule has 8 heteroatoms. The molecule has 0 atom stereocenters. The highest BCUT2D eigenvalue weighted by Crippen LogP contribution is 2.28. The molecule has 1 aromatic heterocycles. The summed E-state index contributed by atoms with van der Waals surface area (Å²) in [5, 5.41) is 3.16. The van der Waals surface area contributed by atoms with Crippen molar-refractivity contribution in [3.8, 4) is 17.0 Å². The number of hydrogen-bond donors (Lipinski definition) is 1. The lowest BCUT2D eigenvalue weighted by atomic mass is 10.1. The van der Waals surface area contributed by atoms with Crippen molar-refractivity contribution in [3.05, 3.63) is 112 Å². The normalized spacial score (nSPS) is 10.6. The quantitative estimate of drug-likeness (QED) is 0.308. The number of benzene rings is 3. The van der Waals surface area contributed by atoms with Crippen LogP contribution in [-0.2, 0) is 29.1 Å². The fourth-order valence-electron chi connectivity index (χ4n) is 3.71. The van der Waals surface area contributed by atoms with Crippen LogP contribution in [0.2, 0.25) is 5.15 Å². The first-order valence-corrected chi connectivity index (χ1v) is 11.8. The zero-order chi connectivity index (χ0) is 25.3. The summed E-state index contributed by atoms with van der Waals surface area (Å²) in [6.07, 6.45) is 0.693. The van der Waals surface area contributed by atoms with Crippen molar-refractivity contribution < 1.29 is 14.3 Å². The van der Waals surface area contributed by atoms with Crippen LogP contribution >= 0.6 is 11.6 Å². The van der Waals surface area contributed by atoms with E-state index < -0.39 is 11.5 Å². The fraction of sp³-hybridized carbons (Fsp3) is 0.179. The second-order valence-electron chi connectivity index (χ2n) is 8.03. The summed E-state index contributed by atoms with van der Waals surface area (Å²) in [5.74, 6) is 0.162. The van der Waals surface area contributed by atoms with Gasteiger partial charge in [0.15, 0.2) is 11.0 Å². The van der Waals surface area contributed by atoms with Crippen LogP contribution in [0.5, 0.6) is 5.75 Å². The average molecular weight is 504 g/mol. The number of rotatable bonds is 10. The van der Waals surface area contributed by atoms with E-state index in [-0.39, 0.29) is 24.1 Å². The third-order valence-corrected chi connectivity index (χ3v) is 5.83. The first-order chi connectivity index (χ1) is 17.5. The second kappa shape index (κ2) is 12.0. The molecule has 0 saturated heterocycles. The number of carbonyl (C=O) groups excluding carboxylic acids is 1. The van der Waals surface area contributed by atoms with E-state index in [0.29, 0.717) is 30.0 Å². The monoisotopic (exact) mass is 503 g/mol. The van der Waals surface area contributed by atoms with Crippen molar-refractivity contribution >= 4 is 23.4 Å². The Kier molecular flexibility index (Phi) is 8.36. The van der Waals surface area contributed by atoms with Gasteiger partial charge in [0.05, 0.1) is 12.8 Å². The molecule has 0 aliphatic rings. The van der Waals surface area contributed by atoms with Gasteiger partial charge in [0.2, 0.25) is 0 Å². The van der Waals surface area contributed by atoms with E-state index >= 15 is 0 Å². The Bertz CT molecular complexity index is 1360. The zero-order valence-electron chi connectivity index (χ0n) is 19.8. The lowest BCUT2D eigenvalue weighted by Crippen LogP contribution is -2.30. The Balaban J connectivity index is 1.61. The Morgan fingerprint density at radius 3 is 2.22 bits per heavy atom. The predicted molar refractivity (Wildman–Crippen MR) is 140 cm³/mol. The number of aromatic nitrogens is 2. The zero-order valence-corrected chi connectivity index (χ0v) is 20.6. The molecule has 0 aliphatic heterocycles. The van der Waals surface area contributed by atoms with Gasteiger partial charge in [0.1, 0.15) is 18.9 Å². The molecule has 0 saturated carbocycles. The van der Waals surface area contributed by atoms with Gasteiger partial charge in [-0.25, -0.2) is 4.98 Å². The molecule has 4 rings (SSSR count). The van der Waals surface area contributed by atoms with E-state index in [4.69, 9.17) is 21.1 Å². The Labute approximate surface area is 214 Å². The maximum Gasteiger partial charge on any atom is 0.326 e. The molecule has 7 nitrogen and oxygen atoms in total. The molecule has 1 heterocycles. The summed E-state index contributed by atoms with van der Waals surface area (Å²) in [6.45, 7) is 0.263. The smallest absolute Gasteiger partial charge is 0.326 e. The predicted octanol–water partition coefficient (Wildman–Crippen LogP) is 4.97. The molecule has 0 bridgehead atoms. The highest BCUT2D eigenvalue weighted by molar-refractivity contribution is 6.32. The molecule has 0 aliphatic carbocycles. The molecule has 0 unspecified atom stereocenters. The minimum Gasteiger partial charge on any atom is -0.497 e. The van der Waals surface area contributed by atoms with Gasteiger partial charge in [-0.1, -0.05) is 72.3 Å². The van der Waals surface area contributed by atoms with Gasteiger partial charge in [-0.2, -0.15) is 0 Å². The summed E-state index contributed by atoms with van der Waals surface area (Å²) >= 11 is 6.57. The van der Waals surface area contributed by atoms with Gasteiger partial charge in [-0.15, -0.1) is 0 Å². The van der Waals surface area contributed by atoms with Gasteiger partial charge in [-0.05, 0) is 41.8 Å². The Morgan fingerprint density at radius 2 is 1.58 bits per heavy atom. The molecular formula is C28H26ClN3O4. The van der Waals surface area contributed by atoms with Gasteiger partial charge in [0.25, 0.3) is 5.56 Å². The van der Waals surface area contributed by atoms with E-state index in [1.807, 2.05) is 60.7 Å². The topological polar surface area (TPSA) is 82.5 Å². The Morgan fingerprint density at radius 1 is 0.944 bits per heavy atom. The fourth-order valence-corrected chi connectivity index (χ4v) is 4.01. The number of esters is 1. The number of carbonyl (C=O) groups is 1. The van der Waals surface area contributed by atoms with Crippen molar-refractivity contribution in [1.82, 2.24) is 9.55 Å². The number of methoxy groups -OCH3 is 1. The second-order valence-corrected chi connectivity index (χ2v) is 8.39. The van der Waals surface area contributed by atoms with E-state index in [1.54, 1.807) is 31.4 Å². The molecular weight excluding hydrogens is 478 g/mol. The SMILES string of the molecule is COc1ccc(-c2c(Cl)nc(NCCc3ccccc3)c(=O)n2CC(=O)OCc2ccccc2)cc1. The van der Waals surface area contributed by atoms with Crippen molar-refractivity contribution in [2.75, 3.05) is 19.0 Å². The first kappa shape index (κ1) is 25.0. The van der Waals surface area contributed by atoms with Gasteiger partial charge in [0, 0.05) is 12.1 Å². The lowest BCUT2D eigenvalue weighted by molar-refractivity contribution is -0.145. The molecule has 0 fully saturated rings. The van der Waals surface area contributed by atoms with E-state index in [1.165, 1.54) is 4.57 Å². The van der Waals surface area contributed by atoms with Gasteiger partial charge in [-0.3, -0.25) is 14.2 Å². The van der Waals surface area contributed by atoms with E-state index in [0.717, 1.165) is 11.1 Å². The number of halogens is 1. The lowest BCUT2D eigenvalue weighted by Gasteiger charge is -2.16. The number of anilines is 1. The molecule has 3 aromatic carbocycles. The van der Waals surface area contributed by atoms with Crippen molar-refractivity contribution in [1.29, 1.82) is 0 Å². The number of ether oxygens (including phenoxy) is 2. The van der Waals surface area contributed by atoms with Crippen LogP contribution in [0, 0.1) is 0 Å². The average Bonchev–Trinajstić information content (AvgIpc) is 2.91. The minimum atomic E-state index is -0.562. The minimum absolute atomic E-state index is 0.0732. The molecule has 1 N–H and O–H groups in total. The van der Waals surface area contributed by atoms with Crippen molar-refractivity contribution in [2.24, 2.45) is 0 Å². The third kappa shape index (κ3) is 6.31. The Hall–Kier alpha value is -4.10. The summed E-state index contributed by atoms with van der Waals surface area (Å²) in [7, 11) is 1.57. The van der Waals surface area contributed by atoms with Crippen LogP contribution in [0.25, 0.3) is 11.3 Å². The van der Waals surface area contributed by atoms with Crippen molar-refractivity contribution in [3.63, 3.8) is 0 Å². The maximum atomic E-state index is 13.4. The highest BCUT2D eigenvalue weighted by Gasteiger charge is 2.20. The van der Waals surface area contributed by atoms with Crippen LogP contribution in [-0.4, -0.2) is 29.2 Å². The third-order valence-electron chi connectivity index (χ3n) is 5.57. The first-order valence-electron chi connectivity index (χ1n) is 11.5. The summed E-state index contributed by atoms with van der Waals surface area (Å²) in [6, 6.07) is 26.3. The van der Waals surface area contributed by atoms with Crippen LogP contribution in [0.4, 0.5) is 5.82 Å². The number of hydrogen-bond acceptors (Lipinski definition) is 6. The van der Waals surface area contributed by atoms with Crippen molar-refractivity contribution in [2.45, 2.75) is 19.6 Å². The van der Waals surface area contributed by atoms with Crippen LogP contribution in [0.3, 0.4) is 0 Å². The van der Waals surface area contributed by atoms with Crippen LogP contribution in [0.1, 0.15) is 11.1 Å². The summed E-state index contributed by atoms with van der Waals surface area (Å²) < 4.78 is 12.0. The number of nitrogens with zero attached hydrogens (tertiary/aromatic N) is 2. The molecule has 0 amide bonds. The standard InChI is InChI=1S/C28H26ClN3O4/c1-35-23-14-12-22(13-15-23)25-26(29)31-27(30-17-16-20-8-4-2-5-9-20)28(34)32(25)18-24(33)36-19-21-10-6-3-7-11-21/h2-15H,16-19H2,1H3,(H,30,31).